The average Bonchev–Trinajstić information content (AvgIpc) is 2.94. The molecule has 37 heavy (non-hydrogen) atoms. The van der Waals surface area contributed by atoms with E-state index >= 15 is 0 Å². The molecule has 5 heteroatoms. The molecule has 0 aliphatic carbocycles. The predicted octanol–water partition coefficient (Wildman–Crippen LogP) is 7.35. The van der Waals surface area contributed by atoms with E-state index < -0.39 is 0 Å². The standard InChI is InChI=1S/2C9H19N.C8H18N2.2C3H8.B/c3*1-3-9-5-7-10(4-2)8-6-9;2*1-3-2;/h2*9H,3-8H2,1-2H3;3-8H2,1-2H3;2*3H2,1-2H3;. The van der Waals surface area contributed by atoms with Gasteiger partial charge < -0.3 is 19.6 Å². The van der Waals surface area contributed by atoms with Gasteiger partial charge in [0.1, 0.15) is 0 Å². The van der Waals surface area contributed by atoms with Gasteiger partial charge in [-0.3, -0.25) is 0 Å². The Morgan fingerprint density at radius 1 is 0.378 bits per heavy atom. The second kappa shape index (κ2) is 30.4. The molecule has 0 aromatic carbocycles. The lowest BCUT2D eigenvalue weighted by Crippen LogP contribution is -2.45. The number of rotatable bonds is 6. The van der Waals surface area contributed by atoms with Crippen molar-refractivity contribution in [1.29, 1.82) is 0 Å². The van der Waals surface area contributed by atoms with E-state index in [1.54, 1.807) is 0 Å². The van der Waals surface area contributed by atoms with Gasteiger partial charge in [0.05, 0.1) is 0 Å². The predicted molar refractivity (Wildman–Crippen MR) is 172 cm³/mol. The number of hydrogen-bond acceptors (Lipinski definition) is 4. The summed E-state index contributed by atoms with van der Waals surface area (Å²) in [5, 5.41) is 0. The third-order valence-electron chi connectivity index (χ3n) is 7.82. The normalized spacial score (nSPS) is 19.9. The molecular formula is C32H72BN4. The summed E-state index contributed by atoms with van der Waals surface area (Å²) in [6.07, 6.45) is 11.0. The molecule has 0 N–H and O–H groups in total. The molecule has 3 radical (unpaired) electrons. The van der Waals surface area contributed by atoms with Gasteiger partial charge in [-0.15, -0.1) is 0 Å². The van der Waals surface area contributed by atoms with Crippen LogP contribution in [0.5, 0.6) is 0 Å². The fraction of sp³-hybridized carbons (Fsp3) is 1.00. The third kappa shape index (κ3) is 23.5. The van der Waals surface area contributed by atoms with Crippen molar-refractivity contribution in [3.63, 3.8) is 0 Å². The molecule has 4 nitrogen and oxygen atoms in total. The topological polar surface area (TPSA) is 13.0 Å². The van der Waals surface area contributed by atoms with E-state index in [0.29, 0.717) is 0 Å². The van der Waals surface area contributed by atoms with Gasteiger partial charge in [-0.05, 0) is 89.9 Å². The van der Waals surface area contributed by atoms with Crippen LogP contribution in [0.15, 0.2) is 0 Å². The highest BCUT2D eigenvalue weighted by molar-refractivity contribution is 5.75. The van der Waals surface area contributed by atoms with E-state index in [1.807, 2.05) is 0 Å². The number of nitrogens with zero attached hydrogens (tertiary/aromatic N) is 4. The monoisotopic (exact) mass is 524 g/mol. The molecule has 0 amide bonds. The fourth-order valence-electron chi connectivity index (χ4n) is 4.84. The lowest BCUT2D eigenvalue weighted by Gasteiger charge is -2.33. The van der Waals surface area contributed by atoms with Crippen molar-refractivity contribution in [2.45, 2.75) is 121 Å². The molecule has 0 aromatic heterocycles. The highest BCUT2D eigenvalue weighted by atomic mass is 15.2. The van der Waals surface area contributed by atoms with E-state index in [1.165, 1.54) is 130 Å². The van der Waals surface area contributed by atoms with Gasteiger partial charge in [0.2, 0.25) is 0 Å². The first-order chi connectivity index (χ1) is 17.4. The Hall–Kier alpha value is -0.0951. The lowest BCUT2D eigenvalue weighted by molar-refractivity contribution is 0.142. The van der Waals surface area contributed by atoms with Crippen LogP contribution in [0.4, 0.5) is 0 Å². The molecule has 3 rings (SSSR count). The van der Waals surface area contributed by atoms with Crippen LogP contribution in [0.25, 0.3) is 0 Å². The van der Waals surface area contributed by atoms with Crippen LogP contribution in [-0.4, -0.2) is 107 Å². The molecule has 3 saturated heterocycles. The summed E-state index contributed by atoms with van der Waals surface area (Å²) >= 11 is 0. The average molecular weight is 524 g/mol. The van der Waals surface area contributed by atoms with Gasteiger partial charge in [0.15, 0.2) is 0 Å². The Labute approximate surface area is 238 Å². The highest BCUT2D eigenvalue weighted by Crippen LogP contribution is 2.19. The molecule has 3 aliphatic rings. The van der Waals surface area contributed by atoms with Gasteiger partial charge >= 0.3 is 0 Å². The van der Waals surface area contributed by atoms with Gasteiger partial charge in [0.25, 0.3) is 0 Å². The molecule has 3 fully saturated rings. The minimum Gasteiger partial charge on any atom is -0.304 e. The van der Waals surface area contributed by atoms with Crippen LogP contribution in [0.1, 0.15) is 121 Å². The largest absolute Gasteiger partial charge is 0.304 e. The van der Waals surface area contributed by atoms with Crippen molar-refractivity contribution in [3.05, 3.63) is 0 Å². The van der Waals surface area contributed by atoms with Gasteiger partial charge in [0, 0.05) is 34.6 Å². The fourth-order valence-corrected chi connectivity index (χ4v) is 4.84. The van der Waals surface area contributed by atoms with E-state index in [4.69, 9.17) is 0 Å². The molecule has 223 valence electrons. The molecule has 0 spiro atoms. The highest BCUT2D eigenvalue weighted by Gasteiger charge is 2.16. The zero-order valence-electron chi connectivity index (χ0n) is 27.7. The number of hydrogen-bond donors (Lipinski definition) is 0. The van der Waals surface area contributed by atoms with Gasteiger partial charge in [-0.2, -0.15) is 0 Å². The Morgan fingerprint density at radius 3 is 0.730 bits per heavy atom. The van der Waals surface area contributed by atoms with Crippen molar-refractivity contribution in [2.75, 3.05) is 78.5 Å². The van der Waals surface area contributed by atoms with Crippen molar-refractivity contribution in [2.24, 2.45) is 11.8 Å². The van der Waals surface area contributed by atoms with Crippen LogP contribution >= 0.6 is 0 Å². The van der Waals surface area contributed by atoms with Gasteiger partial charge in [-0.1, -0.05) is 94.9 Å². The third-order valence-corrected chi connectivity index (χ3v) is 7.82. The lowest BCUT2D eigenvalue weighted by atomic mass is 9.95. The van der Waals surface area contributed by atoms with Crippen LogP contribution in [0.2, 0.25) is 0 Å². The maximum absolute atomic E-state index is 2.55. The first kappa shape index (κ1) is 41.4. The molecular weight excluding hydrogens is 451 g/mol. The number of likely N-dealkylation sites (tertiary alicyclic amines) is 2. The maximum Gasteiger partial charge on any atom is 0.0110 e. The summed E-state index contributed by atoms with van der Waals surface area (Å²) in [6, 6.07) is 0. The first-order valence-corrected chi connectivity index (χ1v) is 16.3. The second-order valence-corrected chi connectivity index (χ2v) is 10.9. The number of piperidine rings is 2. The van der Waals surface area contributed by atoms with Crippen molar-refractivity contribution in [3.8, 4) is 0 Å². The molecule has 0 bridgehead atoms. The molecule has 0 aromatic rings. The maximum atomic E-state index is 2.55. The van der Waals surface area contributed by atoms with E-state index in [9.17, 15) is 0 Å². The second-order valence-electron chi connectivity index (χ2n) is 10.9. The Balaban J connectivity index is -0.000000418. The summed E-state index contributed by atoms with van der Waals surface area (Å²) in [5.74, 6) is 2.06. The van der Waals surface area contributed by atoms with Crippen LogP contribution in [0, 0.1) is 11.8 Å². The zero-order chi connectivity index (χ0) is 27.6. The van der Waals surface area contributed by atoms with Crippen LogP contribution in [0.3, 0.4) is 0 Å². The molecule has 0 atom stereocenters. The van der Waals surface area contributed by atoms with Crippen LogP contribution in [-0.2, 0) is 0 Å². The van der Waals surface area contributed by atoms with Crippen molar-refractivity contribution < 1.29 is 0 Å². The molecule has 3 heterocycles. The Kier molecular flexibility index (Phi) is 34.1. The van der Waals surface area contributed by atoms with Crippen molar-refractivity contribution >= 4 is 8.41 Å². The quantitative estimate of drug-likeness (QED) is 0.337. The van der Waals surface area contributed by atoms with Gasteiger partial charge in [-0.25, -0.2) is 0 Å². The zero-order valence-corrected chi connectivity index (χ0v) is 27.7. The summed E-state index contributed by atoms with van der Waals surface area (Å²) in [6.45, 7) is 37.5. The Bertz CT molecular complexity index is 305. The summed E-state index contributed by atoms with van der Waals surface area (Å²) < 4.78 is 0. The van der Waals surface area contributed by atoms with E-state index in [-0.39, 0.29) is 8.41 Å². The summed E-state index contributed by atoms with van der Waals surface area (Å²) in [5.41, 5.74) is 0. The first-order valence-electron chi connectivity index (χ1n) is 16.3. The smallest absolute Gasteiger partial charge is 0.0110 e. The van der Waals surface area contributed by atoms with E-state index in [0.717, 1.165) is 11.8 Å². The molecule has 0 saturated carbocycles. The van der Waals surface area contributed by atoms with Crippen LogP contribution < -0.4 is 0 Å². The van der Waals surface area contributed by atoms with Crippen molar-refractivity contribution in [1.82, 2.24) is 19.6 Å². The number of piperazine rings is 1. The molecule has 3 aliphatic heterocycles. The minimum atomic E-state index is 0. The van der Waals surface area contributed by atoms with E-state index in [2.05, 4.69) is 88.8 Å². The molecule has 0 unspecified atom stereocenters. The summed E-state index contributed by atoms with van der Waals surface area (Å²) in [4.78, 5) is 10.1. The minimum absolute atomic E-state index is 0. The number of likely N-dealkylation sites (N-methyl/N-ethyl adjacent to an activating group) is 2. The summed E-state index contributed by atoms with van der Waals surface area (Å²) in [7, 11) is 0. The Morgan fingerprint density at radius 2 is 0.568 bits per heavy atom. The SMILES string of the molecule is CCC.CCC.CCC1CCN(CC)CC1.CCC1CCN(CC)CC1.CCN1CCN(CC)CC1.[B].